The minimum atomic E-state index is -0.786. The van der Waals surface area contributed by atoms with Crippen LogP contribution >= 0.6 is 0 Å². The Morgan fingerprint density at radius 3 is 2.92 bits per heavy atom. The molecule has 70 valence electrons. The van der Waals surface area contributed by atoms with Crippen molar-refractivity contribution in [2.45, 2.75) is 6.61 Å². The van der Waals surface area contributed by atoms with Gasteiger partial charge in [0, 0.05) is 6.04 Å². The zero-order valence-electron chi connectivity index (χ0n) is 8.90. The van der Waals surface area contributed by atoms with Crippen molar-refractivity contribution in [2.75, 3.05) is 7.11 Å². The number of methoxy groups -OCH3 is 1. The van der Waals surface area contributed by atoms with Crippen LogP contribution in [0.4, 0.5) is 5.69 Å². The van der Waals surface area contributed by atoms with E-state index < -0.39 is 23.3 Å². The van der Waals surface area contributed by atoms with Crippen LogP contribution in [0.3, 0.4) is 0 Å². The SMILES string of the molecule is [2H]c1c(OC)cc(CO)c([N+](=O)[O-])c1[2H]. The quantitative estimate of drug-likeness (QED) is 0.565. The van der Waals surface area contributed by atoms with Crippen molar-refractivity contribution in [3.63, 3.8) is 0 Å². The molecule has 1 aromatic rings. The Morgan fingerprint density at radius 2 is 2.46 bits per heavy atom. The molecule has 5 nitrogen and oxygen atoms in total. The van der Waals surface area contributed by atoms with Crippen molar-refractivity contribution >= 4 is 5.69 Å². The van der Waals surface area contributed by atoms with Crippen molar-refractivity contribution < 1.29 is 17.5 Å². The zero-order chi connectivity index (χ0) is 11.6. The van der Waals surface area contributed by atoms with Crippen LogP contribution in [0.25, 0.3) is 0 Å². The third-order valence-corrected chi connectivity index (χ3v) is 1.49. The first-order valence-corrected chi connectivity index (χ1v) is 3.45. The second-order valence-electron chi connectivity index (χ2n) is 2.25. The first-order chi connectivity index (χ1) is 7.02. The fourth-order valence-electron chi connectivity index (χ4n) is 0.857. The summed E-state index contributed by atoms with van der Waals surface area (Å²) in [7, 11) is 1.29. The highest BCUT2D eigenvalue weighted by molar-refractivity contribution is 5.44. The average Bonchev–Trinajstić information content (AvgIpc) is 2.20. The first kappa shape index (κ1) is 6.85. The van der Waals surface area contributed by atoms with E-state index in [1.165, 1.54) is 13.2 Å². The maximum absolute atomic E-state index is 10.6. The molecule has 0 radical (unpaired) electrons. The van der Waals surface area contributed by atoms with Crippen LogP contribution in [-0.4, -0.2) is 17.1 Å². The standard InChI is InChI=1S/C8H9NO4/c1-13-7-2-3-8(9(11)12)6(4-7)5-10/h2-4,10H,5H2,1H3/i2D,3D. The van der Waals surface area contributed by atoms with Crippen LogP contribution in [0.1, 0.15) is 8.30 Å². The van der Waals surface area contributed by atoms with E-state index in [2.05, 4.69) is 0 Å². The van der Waals surface area contributed by atoms with Crippen molar-refractivity contribution in [2.24, 2.45) is 0 Å². The van der Waals surface area contributed by atoms with Gasteiger partial charge in [-0.2, -0.15) is 0 Å². The molecule has 0 atom stereocenters. The van der Waals surface area contributed by atoms with Gasteiger partial charge in [0.05, 0.1) is 26.9 Å². The Morgan fingerprint density at radius 1 is 1.77 bits per heavy atom. The molecule has 13 heavy (non-hydrogen) atoms. The second kappa shape index (κ2) is 3.86. The van der Waals surface area contributed by atoms with Crippen molar-refractivity contribution in [1.29, 1.82) is 0 Å². The number of benzene rings is 1. The van der Waals surface area contributed by atoms with Gasteiger partial charge in [-0.25, -0.2) is 0 Å². The number of nitro benzene ring substituents is 1. The minimum Gasteiger partial charge on any atom is -0.497 e. The summed E-state index contributed by atoms with van der Waals surface area (Å²) in [5.41, 5.74) is -0.582. The first-order valence-electron chi connectivity index (χ1n) is 4.45. The van der Waals surface area contributed by atoms with Crippen molar-refractivity contribution in [3.8, 4) is 5.75 Å². The summed E-state index contributed by atoms with van der Waals surface area (Å²) < 4.78 is 19.6. The third kappa shape index (κ3) is 1.94. The lowest BCUT2D eigenvalue weighted by atomic mass is 10.2. The van der Waals surface area contributed by atoms with E-state index in [4.69, 9.17) is 12.6 Å². The average molecular weight is 185 g/mol. The molecule has 1 N–H and O–H groups in total. The van der Waals surface area contributed by atoms with Crippen molar-refractivity contribution in [3.05, 3.63) is 33.8 Å². The van der Waals surface area contributed by atoms with Crippen molar-refractivity contribution in [1.82, 2.24) is 0 Å². The summed E-state index contributed by atoms with van der Waals surface area (Å²) in [6.07, 6.45) is 0. The predicted octanol–water partition coefficient (Wildman–Crippen LogP) is 1.10. The number of ether oxygens (including phenoxy) is 1. The normalized spacial score (nSPS) is 11.8. The van der Waals surface area contributed by atoms with Gasteiger partial charge in [0.15, 0.2) is 0 Å². The van der Waals surface area contributed by atoms with Crippen LogP contribution in [0.15, 0.2) is 18.2 Å². The summed E-state index contributed by atoms with van der Waals surface area (Å²) in [5.74, 6) is 0.0367. The molecule has 0 spiro atoms. The van der Waals surface area contributed by atoms with E-state index in [0.29, 0.717) is 0 Å². The number of aliphatic hydroxyl groups excluding tert-OH is 1. The highest BCUT2D eigenvalue weighted by Crippen LogP contribution is 2.23. The molecule has 1 rings (SSSR count). The van der Waals surface area contributed by atoms with Gasteiger partial charge in [-0.05, 0) is 12.1 Å². The van der Waals surface area contributed by atoms with Gasteiger partial charge in [0.2, 0.25) is 0 Å². The van der Waals surface area contributed by atoms with Gasteiger partial charge < -0.3 is 9.84 Å². The Hall–Kier alpha value is -1.62. The topological polar surface area (TPSA) is 72.6 Å². The summed E-state index contributed by atoms with van der Waals surface area (Å²) >= 11 is 0. The maximum atomic E-state index is 10.6. The molecule has 0 aromatic heterocycles. The molecule has 0 aliphatic rings. The van der Waals surface area contributed by atoms with Gasteiger partial charge in [0.1, 0.15) is 5.75 Å². The van der Waals surface area contributed by atoms with E-state index in [1.807, 2.05) is 0 Å². The van der Waals surface area contributed by atoms with Gasteiger partial charge >= 0.3 is 0 Å². The summed E-state index contributed by atoms with van der Waals surface area (Å²) in [5, 5.41) is 19.5. The number of hydrogen-bond acceptors (Lipinski definition) is 4. The fourth-order valence-corrected chi connectivity index (χ4v) is 0.857. The monoisotopic (exact) mass is 185 g/mol. The lowest BCUT2D eigenvalue weighted by molar-refractivity contribution is -0.385. The maximum Gasteiger partial charge on any atom is 0.275 e. The number of aliphatic hydroxyl groups is 1. The minimum absolute atomic E-state index is 0.0298. The molecular weight excluding hydrogens is 174 g/mol. The van der Waals surface area contributed by atoms with Gasteiger partial charge in [-0.1, -0.05) is 0 Å². The molecule has 0 heterocycles. The predicted molar refractivity (Wildman–Crippen MR) is 45.6 cm³/mol. The smallest absolute Gasteiger partial charge is 0.275 e. The largest absolute Gasteiger partial charge is 0.497 e. The summed E-state index contributed by atoms with van der Waals surface area (Å²) in [6.45, 7) is -0.571. The van der Waals surface area contributed by atoms with Gasteiger partial charge in [0.25, 0.3) is 5.69 Å². The third-order valence-electron chi connectivity index (χ3n) is 1.49. The van der Waals surface area contributed by atoms with E-state index in [0.717, 1.165) is 0 Å². The van der Waals surface area contributed by atoms with Crippen LogP contribution < -0.4 is 4.74 Å². The Balaban J connectivity index is 3.51. The Bertz CT molecular complexity index is 408. The molecule has 0 aliphatic carbocycles. The van der Waals surface area contributed by atoms with E-state index in [1.54, 1.807) is 0 Å². The molecule has 0 unspecified atom stereocenters. The van der Waals surface area contributed by atoms with E-state index >= 15 is 0 Å². The van der Waals surface area contributed by atoms with Crippen LogP contribution in [0, 0.1) is 10.1 Å². The molecule has 0 bridgehead atoms. The van der Waals surface area contributed by atoms with Gasteiger partial charge in [-0.15, -0.1) is 0 Å². The number of nitrogens with zero attached hydrogens (tertiary/aromatic N) is 1. The Labute approximate surface area is 77.5 Å². The van der Waals surface area contributed by atoms with Crippen LogP contribution in [0.2, 0.25) is 0 Å². The Kier molecular flexibility index (Phi) is 2.03. The molecule has 1 aromatic carbocycles. The molecule has 0 saturated heterocycles. The highest BCUT2D eigenvalue weighted by atomic mass is 16.6. The lowest BCUT2D eigenvalue weighted by Crippen LogP contribution is -1.96. The lowest BCUT2D eigenvalue weighted by Gasteiger charge is -2.02. The number of nitro groups is 1. The number of rotatable bonds is 3. The highest BCUT2D eigenvalue weighted by Gasteiger charge is 2.12. The van der Waals surface area contributed by atoms with Crippen LogP contribution in [0.5, 0.6) is 5.75 Å². The van der Waals surface area contributed by atoms with E-state index in [9.17, 15) is 10.1 Å². The molecule has 0 amide bonds. The number of hydrogen-bond donors (Lipinski definition) is 1. The fraction of sp³-hybridized carbons (Fsp3) is 0.250. The zero-order valence-corrected chi connectivity index (χ0v) is 6.90. The molecule has 0 aliphatic heterocycles. The van der Waals surface area contributed by atoms with E-state index in [-0.39, 0.29) is 17.4 Å². The van der Waals surface area contributed by atoms with Crippen LogP contribution in [-0.2, 0) is 6.61 Å². The second-order valence-corrected chi connectivity index (χ2v) is 2.25. The summed E-state index contributed by atoms with van der Waals surface area (Å²) in [4.78, 5) is 9.82. The molecular formula is C8H9NO4. The molecule has 0 saturated carbocycles. The molecule has 5 heteroatoms. The molecule has 0 fully saturated rings. The van der Waals surface area contributed by atoms with Gasteiger partial charge in [-0.3, -0.25) is 10.1 Å². The summed E-state index contributed by atoms with van der Waals surface area (Å²) in [6, 6.07) is 0.281.